The minimum Gasteiger partial charge on any atom is -0.472 e. The van der Waals surface area contributed by atoms with Gasteiger partial charge in [0.25, 0.3) is 0 Å². The summed E-state index contributed by atoms with van der Waals surface area (Å²) in [4.78, 5) is 6.38. The molecule has 0 radical (unpaired) electrons. The lowest BCUT2D eigenvalue weighted by molar-refractivity contribution is 0.470. The molecule has 0 spiro atoms. The maximum atomic E-state index is 6.25. The predicted octanol–water partition coefficient (Wildman–Crippen LogP) is 1.33. The van der Waals surface area contributed by atoms with Crippen LogP contribution in [0.5, 0.6) is 0 Å². The van der Waals surface area contributed by atoms with Crippen molar-refractivity contribution >= 4 is 11.7 Å². The Kier molecular flexibility index (Phi) is 2.23. The van der Waals surface area contributed by atoms with E-state index < -0.39 is 0 Å². The maximum absolute atomic E-state index is 6.25. The molecule has 3 aromatic heterocycles. The quantitative estimate of drug-likeness (QED) is 0.759. The van der Waals surface area contributed by atoms with Crippen molar-refractivity contribution in [1.29, 1.82) is 0 Å². The first kappa shape index (κ1) is 11.0. The summed E-state index contributed by atoms with van der Waals surface area (Å²) in [6.07, 6.45) is 6.02. The molecule has 1 atom stereocenters. The van der Waals surface area contributed by atoms with Gasteiger partial charge in [0.1, 0.15) is 5.82 Å². The molecule has 0 amide bonds. The average Bonchev–Trinajstić information content (AvgIpc) is 3.20. The molecule has 4 rings (SSSR count). The molecule has 0 saturated heterocycles. The van der Waals surface area contributed by atoms with Crippen LogP contribution in [0.1, 0.15) is 11.7 Å². The molecule has 6 heteroatoms. The predicted molar refractivity (Wildman–Crippen MR) is 69.7 cm³/mol. The summed E-state index contributed by atoms with van der Waals surface area (Å²) in [5.74, 6) is 1.15. The molecule has 6 nitrogen and oxygen atoms in total. The Labute approximate surface area is 113 Å². The van der Waals surface area contributed by atoms with Gasteiger partial charge in [0.05, 0.1) is 30.3 Å². The van der Waals surface area contributed by atoms with Crippen LogP contribution >= 0.6 is 0 Å². The molecule has 0 saturated carbocycles. The van der Waals surface area contributed by atoms with Crippen molar-refractivity contribution in [3.05, 3.63) is 65.7 Å². The highest BCUT2D eigenvalue weighted by molar-refractivity contribution is 5.64. The van der Waals surface area contributed by atoms with Crippen LogP contribution in [0.3, 0.4) is 0 Å². The highest BCUT2D eigenvalue weighted by atomic mass is 16.3. The second kappa shape index (κ2) is 4.06. The lowest BCUT2D eigenvalue weighted by Crippen LogP contribution is -2.43. The van der Waals surface area contributed by atoms with E-state index in [1.165, 1.54) is 0 Å². The molecule has 4 heterocycles. The Bertz CT molecular complexity index is 831. The Morgan fingerprint density at radius 2 is 2.05 bits per heavy atom. The number of nitrogens with two attached hydrogens (primary N) is 1. The molecule has 0 fully saturated rings. The number of rotatable bonds is 2. The van der Waals surface area contributed by atoms with Crippen LogP contribution in [-0.4, -0.2) is 0 Å². The SMILES string of the molecule is NC1=c2ccoc2=NC(c2ccoc2)N1c1ccco1. The van der Waals surface area contributed by atoms with Gasteiger partial charge in [-0.2, -0.15) is 0 Å². The highest BCUT2D eigenvalue weighted by Crippen LogP contribution is 2.31. The van der Waals surface area contributed by atoms with Crippen LogP contribution in [0.2, 0.25) is 0 Å². The molecule has 1 aliphatic rings. The number of nitrogens with zero attached hydrogens (tertiary/aromatic N) is 2. The number of fused-ring (bicyclic) bond motifs is 1. The first-order chi connectivity index (χ1) is 9.84. The summed E-state index contributed by atoms with van der Waals surface area (Å²) in [6, 6.07) is 7.27. The van der Waals surface area contributed by atoms with Gasteiger partial charge in [-0.05, 0) is 18.2 Å². The Balaban J connectivity index is 1.97. The molecule has 1 unspecified atom stereocenters. The molecular weight excluding hydrogens is 258 g/mol. The van der Waals surface area contributed by atoms with E-state index in [-0.39, 0.29) is 6.17 Å². The van der Waals surface area contributed by atoms with Gasteiger partial charge in [0.2, 0.25) is 11.4 Å². The minimum absolute atomic E-state index is 0.376. The second-order valence-corrected chi connectivity index (χ2v) is 4.41. The van der Waals surface area contributed by atoms with E-state index in [9.17, 15) is 0 Å². The molecule has 100 valence electrons. The fourth-order valence-electron chi connectivity index (χ4n) is 2.32. The molecule has 3 aromatic rings. The largest absolute Gasteiger partial charge is 0.472 e. The lowest BCUT2D eigenvalue weighted by Gasteiger charge is -2.29. The van der Waals surface area contributed by atoms with Crippen molar-refractivity contribution in [3.8, 4) is 0 Å². The van der Waals surface area contributed by atoms with E-state index in [0.717, 1.165) is 10.8 Å². The second-order valence-electron chi connectivity index (χ2n) is 4.41. The molecular formula is C14H11N3O3. The van der Waals surface area contributed by atoms with Gasteiger partial charge in [-0.25, -0.2) is 4.99 Å². The Morgan fingerprint density at radius 1 is 1.10 bits per heavy atom. The first-order valence-corrected chi connectivity index (χ1v) is 6.10. The normalized spacial score (nSPS) is 17.9. The average molecular weight is 269 g/mol. The van der Waals surface area contributed by atoms with Crippen molar-refractivity contribution in [2.45, 2.75) is 6.17 Å². The summed E-state index contributed by atoms with van der Waals surface area (Å²) in [5.41, 5.74) is 7.63. The molecule has 0 aromatic carbocycles. The zero-order valence-corrected chi connectivity index (χ0v) is 10.4. The summed E-state index contributed by atoms with van der Waals surface area (Å²) >= 11 is 0. The van der Waals surface area contributed by atoms with E-state index in [2.05, 4.69) is 4.99 Å². The van der Waals surface area contributed by atoms with Crippen LogP contribution in [0.25, 0.3) is 5.82 Å². The third-order valence-electron chi connectivity index (χ3n) is 3.25. The topological polar surface area (TPSA) is 81.0 Å². The van der Waals surface area contributed by atoms with Crippen molar-refractivity contribution in [2.24, 2.45) is 10.7 Å². The third kappa shape index (κ3) is 1.48. The summed E-state index contributed by atoms with van der Waals surface area (Å²) in [5, 5.41) is 0.751. The van der Waals surface area contributed by atoms with Crippen LogP contribution in [-0.2, 0) is 0 Å². The van der Waals surface area contributed by atoms with Gasteiger partial charge in [-0.3, -0.25) is 4.90 Å². The van der Waals surface area contributed by atoms with Crippen LogP contribution in [0, 0.1) is 0 Å². The molecule has 20 heavy (non-hydrogen) atoms. The zero-order chi connectivity index (χ0) is 13.5. The van der Waals surface area contributed by atoms with Crippen molar-refractivity contribution in [2.75, 3.05) is 4.90 Å². The van der Waals surface area contributed by atoms with Gasteiger partial charge in [0, 0.05) is 11.6 Å². The standard InChI is InChI=1S/C14H11N3O3/c15-12-10-4-7-20-14(10)16-13(9-3-6-18-8-9)17(12)11-2-1-5-19-11/h1-8,13H,15H2. The van der Waals surface area contributed by atoms with E-state index in [0.29, 0.717) is 17.3 Å². The fourth-order valence-corrected chi connectivity index (χ4v) is 2.32. The Morgan fingerprint density at radius 3 is 2.80 bits per heavy atom. The molecule has 2 N–H and O–H groups in total. The monoisotopic (exact) mass is 269 g/mol. The van der Waals surface area contributed by atoms with Crippen LogP contribution < -0.4 is 21.4 Å². The summed E-state index contributed by atoms with van der Waals surface area (Å²) in [6.45, 7) is 0. The van der Waals surface area contributed by atoms with Crippen molar-refractivity contribution in [3.63, 3.8) is 0 Å². The van der Waals surface area contributed by atoms with E-state index in [4.69, 9.17) is 19.0 Å². The van der Waals surface area contributed by atoms with E-state index >= 15 is 0 Å². The van der Waals surface area contributed by atoms with Gasteiger partial charge in [-0.1, -0.05) is 0 Å². The Hall–Kier alpha value is -2.89. The van der Waals surface area contributed by atoms with Gasteiger partial charge < -0.3 is 19.0 Å². The summed E-state index contributed by atoms with van der Waals surface area (Å²) < 4.78 is 16.0. The number of hydrogen-bond acceptors (Lipinski definition) is 6. The first-order valence-electron chi connectivity index (χ1n) is 6.10. The number of furan rings is 3. The number of hydrogen-bond donors (Lipinski definition) is 1. The molecule has 0 aliphatic carbocycles. The lowest BCUT2D eigenvalue weighted by atomic mass is 10.2. The minimum atomic E-state index is -0.376. The van der Waals surface area contributed by atoms with E-state index in [1.54, 1.807) is 37.2 Å². The molecule has 0 bridgehead atoms. The van der Waals surface area contributed by atoms with Crippen molar-refractivity contribution < 1.29 is 13.3 Å². The van der Waals surface area contributed by atoms with Gasteiger partial charge in [0.15, 0.2) is 6.17 Å². The maximum Gasteiger partial charge on any atom is 0.227 e. The smallest absolute Gasteiger partial charge is 0.227 e. The third-order valence-corrected chi connectivity index (χ3v) is 3.25. The van der Waals surface area contributed by atoms with Gasteiger partial charge >= 0.3 is 0 Å². The molecule has 1 aliphatic heterocycles. The van der Waals surface area contributed by atoms with Crippen LogP contribution in [0.4, 0.5) is 5.88 Å². The summed E-state index contributed by atoms with van der Waals surface area (Å²) in [7, 11) is 0. The highest BCUT2D eigenvalue weighted by Gasteiger charge is 2.29. The van der Waals surface area contributed by atoms with Crippen molar-refractivity contribution in [1.82, 2.24) is 0 Å². The van der Waals surface area contributed by atoms with E-state index in [1.807, 2.05) is 17.0 Å². The van der Waals surface area contributed by atoms with Gasteiger partial charge in [-0.15, -0.1) is 0 Å². The fraction of sp³-hybridized carbons (Fsp3) is 0.0714. The van der Waals surface area contributed by atoms with Crippen LogP contribution in [0.15, 0.2) is 67.6 Å². The zero-order valence-electron chi connectivity index (χ0n) is 10.4. The number of anilines is 1.